The topological polar surface area (TPSA) is 69.3 Å². The van der Waals surface area contributed by atoms with E-state index in [4.69, 9.17) is 23.2 Å². The number of halogens is 2. The average molecular weight is 429 g/mol. The molecule has 0 atom stereocenters. The number of anilines is 1. The monoisotopic (exact) mass is 428 g/mol. The summed E-state index contributed by atoms with van der Waals surface area (Å²) >= 11 is 12.5. The third-order valence-electron chi connectivity index (χ3n) is 6.44. The van der Waals surface area contributed by atoms with Crippen molar-refractivity contribution in [1.29, 1.82) is 5.26 Å². The first-order valence-corrected chi connectivity index (χ1v) is 10.8. The van der Waals surface area contributed by atoms with Crippen LogP contribution in [0.3, 0.4) is 0 Å². The van der Waals surface area contributed by atoms with E-state index in [-0.39, 0.29) is 12.1 Å². The van der Waals surface area contributed by atoms with Gasteiger partial charge in [-0.3, -0.25) is 0 Å². The number of nitroso groups, excluding NO2 is 1. The molecule has 29 heavy (non-hydrogen) atoms. The van der Waals surface area contributed by atoms with Crippen molar-refractivity contribution in [2.45, 2.75) is 44.9 Å². The molecule has 1 aromatic carbocycles. The summed E-state index contributed by atoms with van der Waals surface area (Å²) in [5, 5.41) is 13.3. The van der Waals surface area contributed by atoms with E-state index in [9.17, 15) is 10.2 Å². The maximum atomic E-state index is 11.7. The third-order valence-corrected chi connectivity index (χ3v) is 7.26. The lowest BCUT2D eigenvalue weighted by molar-refractivity contribution is 0.226. The summed E-state index contributed by atoms with van der Waals surface area (Å²) in [7, 11) is 0. The highest BCUT2D eigenvalue weighted by Gasteiger charge is 2.37. The van der Waals surface area contributed by atoms with Gasteiger partial charge in [0.1, 0.15) is 11.4 Å². The summed E-state index contributed by atoms with van der Waals surface area (Å²) in [5.74, 6) is 0. The minimum absolute atomic E-state index is 0.154. The zero-order chi connectivity index (χ0) is 20.4. The standard InChI is InChI=1S/C22H22Cl2N4O/c23-16-5-3-4-15(20(16)24)21-18(27-29)14-19(17(26-21)6-11-25)28-12-9-22(10-13-28)7-1-2-8-22/h3-5,14H,1-2,6-10,12-13H2. The summed E-state index contributed by atoms with van der Waals surface area (Å²) in [6, 6.07) is 9.14. The first kappa shape index (κ1) is 20.1. The van der Waals surface area contributed by atoms with Gasteiger partial charge in [-0.25, -0.2) is 4.98 Å². The molecular weight excluding hydrogens is 407 g/mol. The number of hydrogen-bond donors (Lipinski definition) is 0. The molecule has 0 bridgehead atoms. The molecule has 1 saturated heterocycles. The van der Waals surface area contributed by atoms with E-state index in [0.29, 0.717) is 32.4 Å². The Labute approximate surface area is 180 Å². The molecule has 1 spiro atoms. The van der Waals surface area contributed by atoms with Crippen molar-refractivity contribution in [2.75, 3.05) is 18.0 Å². The molecule has 2 aromatic rings. The van der Waals surface area contributed by atoms with Crippen molar-refractivity contribution in [3.8, 4) is 17.3 Å². The molecule has 1 saturated carbocycles. The molecule has 0 unspecified atom stereocenters. The minimum Gasteiger partial charge on any atom is -0.370 e. The van der Waals surface area contributed by atoms with Crippen LogP contribution in [0.2, 0.25) is 10.0 Å². The number of nitrogens with zero attached hydrogens (tertiary/aromatic N) is 4. The number of piperidine rings is 1. The molecule has 1 aliphatic heterocycles. The second-order valence-electron chi connectivity index (χ2n) is 8.04. The third kappa shape index (κ3) is 3.84. The quantitative estimate of drug-likeness (QED) is 0.509. The number of rotatable bonds is 4. The predicted octanol–water partition coefficient (Wildman–Crippen LogP) is 6.68. The summed E-state index contributed by atoms with van der Waals surface area (Å²) in [5.41, 5.74) is 3.09. The molecule has 7 heteroatoms. The Morgan fingerprint density at radius 1 is 1.17 bits per heavy atom. The predicted molar refractivity (Wildman–Crippen MR) is 117 cm³/mol. The highest BCUT2D eigenvalue weighted by molar-refractivity contribution is 6.43. The van der Waals surface area contributed by atoms with Gasteiger partial charge in [0.15, 0.2) is 0 Å². The lowest BCUT2D eigenvalue weighted by Gasteiger charge is -2.41. The Morgan fingerprint density at radius 2 is 1.90 bits per heavy atom. The van der Waals surface area contributed by atoms with Crippen molar-refractivity contribution >= 4 is 34.6 Å². The zero-order valence-electron chi connectivity index (χ0n) is 16.1. The van der Waals surface area contributed by atoms with Gasteiger partial charge in [-0.2, -0.15) is 5.26 Å². The molecule has 2 heterocycles. The van der Waals surface area contributed by atoms with Gasteiger partial charge in [-0.1, -0.05) is 48.2 Å². The SMILES string of the molecule is N#CCc1nc(-c2cccc(Cl)c2Cl)c(N=O)cc1N1CCC2(CCCC2)CC1. The van der Waals surface area contributed by atoms with Gasteiger partial charge in [0.25, 0.3) is 0 Å². The van der Waals surface area contributed by atoms with Gasteiger partial charge >= 0.3 is 0 Å². The molecule has 2 fully saturated rings. The van der Waals surface area contributed by atoms with Crippen LogP contribution in [0.5, 0.6) is 0 Å². The van der Waals surface area contributed by atoms with Crippen LogP contribution in [0.1, 0.15) is 44.2 Å². The number of aromatic nitrogens is 1. The Hall–Kier alpha value is -2.16. The van der Waals surface area contributed by atoms with Gasteiger partial charge < -0.3 is 4.90 Å². The highest BCUT2D eigenvalue weighted by Crippen LogP contribution is 2.47. The Balaban J connectivity index is 1.72. The molecular formula is C22H22Cl2N4O. The van der Waals surface area contributed by atoms with Crippen LogP contribution < -0.4 is 4.90 Å². The van der Waals surface area contributed by atoms with Gasteiger partial charge in [-0.15, -0.1) is 4.91 Å². The fourth-order valence-electron chi connectivity index (χ4n) is 4.81. The van der Waals surface area contributed by atoms with E-state index < -0.39 is 0 Å². The van der Waals surface area contributed by atoms with Crippen LogP contribution in [0.4, 0.5) is 11.4 Å². The van der Waals surface area contributed by atoms with Crippen molar-refractivity contribution < 1.29 is 0 Å². The van der Waals surface area contributed by atoms with Crippen LogP contribution in [0.25, 0.3) is 11.3 Å². The first-order valence-electron chi connectivity index (χ1n) is 10.0. The second kappa shape index (κ2) is 8.30. The van der Waals surface area contributed by atoms with Crippen molar-refractivity contribution in [3.63, 3.8) is 0 Å². The van der Waals surface area contributed by atoms with Gasteiger partial charge in [0, 0.05) is 18.7 Å². The normalized spacial score (nSPS) is 18.0. The fourth-order valence-corrected chi connectivity index (χ4v) is 5.20. The summed E-state index contributed by atoms with van der Waals surface area (Å²) < 4.78 is 0. The second-order valence-corrected chi connectivity index (χ2v) is 8.83. The Kier molecular flexibility index (Phi) is 5.76. The van der Waals surface area contributed by atoms with E-state index in [1.54, 1.807) is 24.3 Å². The van der Waals surface area contributed by atoms with E-state index >= 15 is 0 Å². The molecule has 4 rings (SSSR count). The highest BCUT2D eigenvalue weighted by atomic mass is 35.5. The summed E-state index contributed by atoms with van der Waals surface area (Å²) in [6.07, 6.45) is 7.73. The minimum atomic E-state index is 0.154. The zero-order valence-corrected chi connectivity index (χ0v) is 17.6. The van der Waals surface area contributed by atoms with Crippen LogP contribution in [-0.4, -0.2) is 18.1 Å². The van der Waals surface area contributed by atoms with Crippen LogP contribution >= 0.6 is 23.2 Å². The smallest absolute Gasteiger partial charge is 0.136 e. The van der Waals surface area contributed by atoms with Crippen LogP contribution in [-0.2, 0) is 6.42 Å². The lowest BCUT2D eigenvalue weighted by atomic mass is 9.77. The van der Waals surface area contributed by atoms with Crippen LogP contribution in [0.15, 0.2) is 29.4 Å². The number of benzene rings is 1. The number of hydrogen-bond acceptors (Lipinski definition) is 5. The average Bonchev–Trinajstić information content (AvgIpc) is 3.19. The molecule has 5 nitrogen and oxygen atoms in total. The Bertz CT molecular complexity index is 970. The molecule has 150 valence electrons. The van der Waals surface area contributed by atoms with E-state index in [1.165, 1.54) is 25.7 Å². The van der Waals surface area contributed by atoms with E-state index in [0.717, 1.165) is 31.6 Å². The molecule has 0 N–H and O–H groups in total. The van der Waals surface area contributed by atoms with E-state index in [1.807, 2.05) is 0 Å². The Morgan fingerprint density at radius 3 is 2.55 bits per heavy atom. The van der Waals surface area contributed by atoms with Gasteiger partial charge in [0.2, 0.25) is 0 Å². The van der Waals surface area contributed by atoms with Gasteiger partial charge in [0.05, 0.1) is 33.9 Å². The maximum absolute atomic E-state index is 11.7. The first-order chi connectivity index (χ1) is 14.1. The summed E-state index contributed by atoms with van der Waals surface area (Å²) in [6.45, 7) is 1.82. The lowest BCUT2D eigenvalue weighted by Crippen LogP contribution is -2.39. The molecule has 1 aliphatic carbocycles. The maximum Gasteiger partial charge on any atom is 0.136 e. The van der Waals surface area contributed by atoms with E-state index in [2.05, 4.69) is 21.1 Å². The molecule has 2 aliphatic rings. The van der Waals surface area contributed by atoms with Crippen LogP contribution in [0, 0.1) is 21.7 Å². The summed E-state index contributed by atoms with van der Waals surface area (Å²) in [4.78, 5) is 18.6. The number of nitriles is 1. The fraction of sp³-hybridized carbons (Fsp3) is 0.455. The van der Waals surface area contributed by atoms with Crippen molar-refractivity contribution in [3.05, 3.63) is 44.9 Å². The largest absolute Gasteiger partial charge is 0.370 e. The van der Waals surface area contributed by atoms with Crippen molar-refractivity contribution in [1.82, 2.24) is 4.98 Å². The molecule has 0 amide bonds. The number of pyridine rings is 1. The van der Waals surface area contributed by atoms with Crippen molar-refractivity contribution in [2.24, 2.45) is 10.6 Å². The molecule has 0 radical (unpaired) electrons. The van der Waals surface area contributed by atoms with Gasteiger partial charge in [-0.05, 0) is 48.4 Å². The molecule has 1 aromatic heterocycles.